The van der Waals surface area contributed by atoms with Crippen molar-refractivity contribution in [2.75, 3.05) is 18.6 Å². The van der Waals surface area contributed by atoms with Gasteiger partial charge in [0.05, 0.1) is 11.0 Å². The highest BCUT2D eigenvalue weighted by molar-refractivity contribution is 8.16. The van der Waals surface area contributed by atoms with E-state index in [1.807, 2.05) is 25.1 Å². The largest absolute Gasteiger partial charge is 0.481 e. The molecule has 1 atom stereocenters. The number of hydrogen-bond acceptors (Lipinski definition) is 5. The Morgan fingerprint density at radius 1 is 1.21 bits per heavy atom. The summed E-state index contributed by atoms with van der Waals surface area (Å²) in [7, 11) is 1.76. The second kappa shape index (κ2) is 13.7. The molecule has 0 fully saturated rings. The molecule has 7 heteroatoms. The molecule has 0 aliphatic rings. The number of fused-ring (bicyclic) bond motifs is 1. The third-order valence-electron chi connectivity index (χ3n) is 4.87. The van der Waals surface area contributed by atoms with E-state index in [1.54, 1.807) is 37.0 Å². The Morgan fingerprint density at radius 3 is 2.61 bits per heavy atom. The van der Waals surface area contributed by atoms with Gasteiger partial charge < -0.3 is 10.4 Å². The van der Waals surface area contributed by atoms with Crippen molar-refractivity contribution in [3.63, 3.8) is 0 Å². The van der Waals surface area contributed by atoms with Crippen LogP contribution in [0, 0.1) is 11.3 Å². The summed E-state index contributed by atoms with van der Waals surface area (Å²) in [5, 5.41) is 23.6. The Kier molecular flexibility index (Phi) is 11.0. The normalized spacial score (nSPS) is 13.3. The van der Waals surface area contributed by atoms with Crippen molar-refractivity contribution < 1.29 is 14.3 Å². The highest BCUT2D eigenvalue weighted by Crippen LogP contribution is 2.25. The van der Waals surface area contributed by atoms with Crippen LogP contribution < -0.4 is 5.32 Å². The number of hydrogen-bond donors (Lipinski definition) is 3. The highest BCUT2D eigenvalue weighted by atomic mass is 32.2. The number of allylic oxidation sites excluding steroid dienone is 7. The van der Waals surface area contributed by atoms with Crippen molar-refractivity contribution >= 4 is 45.3 Å². The quantitative estimate of drug-likeness (QED) is 0.133. The molecular formula is C26H29FN2O2S2. The topological polar surface area (TPSA) is 73.2 Å². The minimum atomic E-state index is -0.898. The Bertz CT molecular complexity index is 1090. The van der Waals surface area contributed by atoms with Crippen molar-refractivity contribution in [3.8, 4) is 0 Å². The average Bonchev–Trinajstić information content (AvgIpc) is 2.80. The molecule has 0 saturated carbocycles. The molecule has 1 unspecified atom stereocenters. The Balaban J connectivity index is 1.89. The molecule has 0 bridgehead atoms. The highest BCUT2D eigenvalue weighted by Gasteiger charge is 2.17. The van der Waals surface area contributed by atoms with Crippen LogP contribution >= 0.6 is 23.5 Å². The molecule has 0 aromatic heterocycles. The number of carbonyl (C=O) groups is 1. The first-order chi connectivity index (χ1) is 15.8. The van der Waals surface area contributed by atoms with Crippen LogP contribution in [-0.4, -0.2) is 34.7 Å². The van der Waals surface area contributed by atoms with E-state index in [4.69, 9.17) is 5.41 Å². The van der Waals surface area contributed by atoms with Gasteiger partial charge in [-0.15, -0.1) is 23.5 Å². The monoisotopic (exact) mass is 484 g/mol. The first-order valence-electron chi connectivity index (χ1n) is 10.4. The summed E-state index contributed by atoms with van der Waals surface area (Å²) in [5.41, 5.74) is 1.57. The maximum Gasteiger partial charge on any atom is 0.307 e. The van der Waals surface area contributed by atoms with Crippen LogP contribution in [0.1, 0.15) is 13.3 Å². The predicted octanol–water partition coefficient (Wildman–Crippen LogP) is 6.82. The van der Waals surface area contributed by atoms with Crippen LogP contribution in [0.15, 0.2) is 95.3 Å². The minimum absolute atomic E-state index is 0.317. The van der Waals surface area contributed by atoms with E-state index >= 15 is 0 Å². The third-order valence-corrected chi connectivity index (χ3v) is 7.13. The second-order valence-corrected chi connectivity index (χ2v) is 9.48. The summed E-state index contributed by atoms with van der Waals surface area (Å²) >= 11 is 2.84. The van der Waals surface area contributed by atoms with Gasteiger partial charge in [-0.3, -0.25) is 10.2 Å². The van der Waals surface area contributed by atoms with Gasteiger partial charge in [0, 0.05) is 29.1 Å². The van der Waals surface area contributed by atoms with Gasteiger partial charge >= 0.3 is 5.97 Å². The lowest BCUT2D eigenvalue weighted by molar-refractivity contribution is -0.140. The maximum absolute atomic E-state index is 13.0. The standard InChI is InChI=1S/C26H29FN2O2S2/c1-18(27)11-12-20(19(2)29-3)9-6-10-23(26(30)31)16-33-25(28)17-32-24-14-13-21-7-4-5-8-22(21)15-24/h4-9,11-15,23,28-29H,1,10,16-17H2,2-3H3,(H,30,31)/b9-6+,12-11-,20-19+,28-25?. The van der Waals surface area contributed by atoms with E-state index < -0.39 is 17.7 Å². The molecule has 4 nitrogen and oxygen atoms in total. The van der Waals surface area contributed by atoms with Crippen LogP contribution in [0.3, 0.4) is 0 Å². The van der Waals surface area contributed by atoms with Crippen molar-refractivity contribution in [1.82, 2.24) is 5.32 Å². The third kappa shape index (κ3) is 9.32. The van der Waals surface area contributed by atoms with E-state index in [2.05, 4.69) is 36.2 Å². The lowest BCUT2D eigenvalue weighted by atomic mass is 10.1. The molecule has 0 radical (unpaired) electrons. The van der Waals surface area contributed by atoms with Crippen molar-refractivity contribution in [3.05, 3.63) is 90.4 Å². The number of thioether (sulfide) groups is 2. The number of halogens is 1. The average molecular weight is 485 g/mol. The number of carboxylic acids is 1. The maximum atomic E-state index is 13.0. The first-order valence-corrected chi connectivity index (χ1v) is 12.4. The van der Waals surface area contributed by atoms with Crippen molar-refractivity contribution in [2.45, 2.75) is 18.2 Å². The summed E-state index contributed by atoms with van der Waals surface area (Å²) in [6, 6.07) is 14.4. The van der Waals surface area contributed by atoms with Gasteiger partial charge in [-0.2, -0.15) is 0 Å². The molecule has 2 aromatic rings. The summed E-state index contributed by atoms with van der Waals surface area (Å²) in [6.45, 7) is 5.06. The summed E-state index contributed by atoms with van der Waals surface area (Å²) < 4.78 is 13.0. The Morgan fingerprint density at radius 2 is 1.94 bits per heavy atom. The van der Waals surface area contributed by atoms with E-state index in [0.29, 0.717) is 23.0 Å². The van der Waals surface area contributed by atoms with Crippen LogP contribution in [0.2, 0.25) is 0 Å². The van der Waals surface area contributed by atoms with Gasteiger partial charge in [-0.1, -0.05) is 55.1 Å². The zero-order chi connectivity index (χ0) is 24.2. The molecule has 0 aliphatic carbocycles. The number of rotatable bonds is 12. The second-order valence-electron chi connectivity index (χ2n) is 7.32. The zero-order valence-electron chi connectivity index (χ0n) is 18.8. The Hall–Kier alpha value is -2.77. The van der Waals surface area contributed by atoms with Gasteiger partial charge in [-0.25, -0.2) is 4.39 Å². The van der Waals surface area contributed by atoms with E-state index in [1.165, 1.54) is 23.2 Å². The molecule has 0 amide bonds. The lowest BCUT2D eigenvalue weighted by Crippen LogP contribution is -2.16. The molecule has 2 rings (SSSR count). The van der Waals surface area contributed by atoms with Gasteiger partial charge in [-0.05, 0) is 47.9 Å². The van der Waals surface area contributed by atoms with Crippen LogP contribution in [0.4, 0.5) is 4.39 Å². The Labute approximate surface area is 203 Å². The molecule has 0 aliphatic heterocycles. The SMILES string of the molecule is C=C(F)\C=C/C(/C=C/CC(CSC(=N)CSc1ccc2ccccc2c1)C(=O)O)=C(\C)NC. The number of aliphatic carboxylic acids is 1. The molecule has 0 heterocycles. The molecule has 2 aromatic carbocycles. The summed E-state index contributed by atoms with van der Waals surface area (Å²) in [5.74, 6) is -1.25. The predicted molar refractivity (Wildman–Crippen MR) is 141 cm³/mol. The minimum Gasteiger partial charge on any atom is -0.481 e. The lowest BCUT2D eigenvalue weighted by Gasteiger charge is -2.11. The summed E-state index contributed by atoms with van der Waals surface area (Å²) in [4.78, 5) is 12.8. The van der Waals surface area contributed by atoms with E-state index in [9.17, 15) is 14.3 Å². The van der Waals surface area contributed by atoms with Crippen LogP contribution in [-0.2, 0) is 4.79 Å². The fourth-order valence-corrected chi connectivity index (χ4v) is 4.74. The number of carboxylic acid groups (broad SMARTS) is 1. The van der Waals surface area contributed by atoms with Crippen LogP contribution in [0.25, 0.3) is 10.8 Å². The number of benzene rings is 2. The van der Waals surface area contributed by atoms with Crippen molar-refractivity contribution in [1.29, 1.82) is 5.41 Å². The van der Waals surface area contributed by atoms with Gasteiger partial charge in [0.2, 0.25) is 0 Å². The number of nitrogens with one attached hydrogen (secondary N) is 2. The van der Waals surface area contributed by atoms with Gasteiger partial charge in [0.25, 0.3) is 0 Å². The van der Waals surface area contributed by atoms with Crippen molar-refractivity contribution in [2.24, 2.45) is 5.92 Å². The molecule has 0 spiro atoms. The van der Waals surface area contributed by atoms with Gasteiger partial charge in [0.15, 0.2) is 0 Å². The molecule has 174 valence electrons. The fraction of sp³-hybridized carbons (Fsp3) is 0.231. The molecule has 33 heavy (non-hydrogen) atoms. The zero-order valence-corrected chi connectivity index (χ0v) is 20.4. The summed E-state index contributed by atoms with van der Waals surface area (Å²) in [6.07, 6.45) is 6.72. The van der Waals surface area contributed by atoms with Gasteiger partial charge in [0.1, 0.15) is 5.83 Å². The smallest absolute Gasteiger partial charge is 0.307 e. The first kappa shape index (κ1) is 26.5. The fourth-order valence-electron chi connectivity index (χ4n) is 2.88. The van der Waals surface area contributed by atoms with E-state index in [0.717, 1.165) is 21.6 Å². The molecule has 0 saturated heterocycles. The molecular weight excluding hydrogens is 455 g/mol. The molecule has 3 N–H and O–H groups in total. The van der Waals surface area contributed by atoms with Crippen LogP contribution in [0.5, 0.6) is 0 Å². The van der Waals surface area contributed by atoms with E-state index in [-0.39, 0.29) is 0 Å².